The molecule has 0 aromatic heterocycles. The average molecular weight is 451 g/mol. The van der Waals surface area contributed by atoms with E-state index in [-0.39, 0.29) is 18.6 Å². The maximum Gasteiger partial charge on any atom is 0.409 e. The van der Waals surface area contributed by atoms with Crippen molar-refractivity contribution in [3.63, 3.8) is 0 Å². The molecule has 2 aliphatic heterocycles. The number of carbonyl (C=O) groups excluding carboxylic acids is 2. The summed E-state index contributed by atoms with van der Waals surface area (Å²) in [6.45, 7) is 8.47. The van der Waals surface area contributed by atoms with Crippen LogP contribution in [-0.2, 0) is 14.3 Å². The first-order valence-electron chi connectivity index (χ1n) is 10.8. The van der Waals surface area contributed by atoms with Gasteiger partial charge >= 0.3 is 6.09 Å². The van der Waals surface area contributed by atoms with Crippen LogP contribution in [0.4, 0.5) is 10.5 Å². The molecular formula is C25H30N4O4. The van der Waals surface area contributed by atoms with Crippen LogP contribution < -0.4 is 4.90 Å². The lowest BCUT2D eigenvalue weighted by Gasteiger charge is -2.35. The van der Waals surface area contributed by atoms with Crippen molar-refractivity contribution in [3.05, 3.63) is 72.0 Å². The zero-order valence-corrected chi connectivity index (χ0v) is 19.4. The number of carbonyl (C=O) groups is 2. The van der Waals surface area contributed by atoms with Crippen LogP contribution in [0.2, 0.25) is 0 Å². The minimum absolute atomic E-state index is 0.202. The number of piperazine rings is 1. The maximum absolute atomic E-state index is 13.1. The number of rotatable bonds is 7. The predicted octanol–water partition coefficient (Wildman–Crippen LogP) is 3.45. The van der Waals surface area contributed by atoms with E-state index in [4.69, 9.17) is 9.47 Å². The molecule has 0 atom stereocenters. The highest BCUT2D eigenvalue weighted by atomic mass is 16.5. The Bertz CT molecular complexity index is 1000. The molecule has 0 bridgehead atoms. The van der Waals surface area contributed by atoms with Crippen molar-refractivity contribution in [2.75, 3.05) is 51.9 Å². The standard InChI is InChI=1S/C25H30N4O4/c1-5-7-8-20(6-2)29-24(30)22(23(26-29)18-32-3)17-19-9-11-21(12-10-19)27-13-15-28(16-14-27)25(31)33-4/h5-12,17H,1,13-16,18H2,2-4H3/b8-7-,20-6+,22-17-. The van der Waals surface area contributed by atoms with Gasteiger partial charge in [0, 0.05) is 39.0 Å². The molecule has 2 amide bonds. The number of ether oxygens (including phenoxy) is 2. The van der Waals surface area contributed by atoms with Crippen molar-refractivity contribution >= 4 is 29.5 Å². The molecule has 1 saturated heterocycles. The Balaban J connectivity index is 1.76. The minimum atomic E-state index is -0.290. The number of amides is 2. The lowest BCUT2D eigenvalue weighted by molar-refractivity contribution is -0.123. The molecule has 8 nitrogen and oxygen atoms in total. The molecule has 0 aliphatic carbocycles. The van der Waals surface area contributed by atoms with Crippen molar-refractivity contribution < 1.29 is 19.1 Å². The number of hydrogen-bond acceptors (Lipinski definition) is 6. The molecule has 0 radical (unpaired) electrons. The summed E-state index contributed by atoms with van der Waals surface area (Å²) < 4.78 is 10.1. The molecule has 1 fully saturated rings. The maximum atomic E-state index is 13.1. The zero-order valence-electron chi connectivity index (χ0n) is 19.4. The molecule has 1 aromatic carbocycles. The van der Waals surface area contributed by atoms with Crippen molar-refractivity contribution in [1.29, 1.82) is 0 Å². The van der Waals surface area contributed by atoms with E-state index in [0.717, 1.165) is 24.3 Å². The summed E-state index contributed by atoms with van der Waals surface area (Å²) in [4.78, 5) is 28.7. The van der Waals surface area contributed by atoms with E-state index in [1.807, 2.05) is 43.3 Å². The molecular weight excluding hydrogens is 420 g/mol. The van der Waals surface area contributed by atoms with Crippen LogP contribution >= 0.6 is 0 Å². The predicted molar refractivity (Wildman–Crippen MR) is 130 cm³/mol. The van der Waals surface area contributed by atoms with E-state index < -0.39 is 0 Å². The summed E-state index contributed by atoms with van der Waals surface area (Å²) in [5, 5.41) is 5.87. The number of hydrazone groups is 1. The monoisotopic (exact) mass is 450 g/mol. The Morgan fingerprint density at radius 3 is 2.42 bits per heavy atom. The second kappa shape index (κ2) is 11.3. The Labute approximate surface area is 194 Å². The van der Waals surface area contributed by atoms with Crippen LogP contribution in [0, 0.1) is 0 Å². The third-order valence-corrected chi connectivity index (χ3v) is 5.46. The van der Waals surface area contributed by atoms with E-state index in [9.17, 15) is 9.59 Å². The normalized spacial score (nSPS) is 18.3. The van der Waals surface area contributed by atoms with Gasteiger partial charge in [-0.2, -0.15) is 10.1 Å². The fraction of sp³-hybridized carbons (Fsp3) is 0.320. The quantitative estimate of drug-likeness (QED) is 0.470. The fourth-order valence-electron chi connectivity index (χ4n) is 3.70. The minimum Gasteiger partial charge on any atom is -0.453 e. The third-order valence-electron chi connectivity index (χ3n) is 5.46. The third kappa shape index (κ3) is 5.59. The van der Waals surface area contributed by atoms with Gasteiger partial charge in [-0.25, -0.2) is 4.79 Å². The van der Waals surface area contributed by atoms with Gasteiger partial charge in [-0.3, -0.25) is 4.79 Å². The Kier molecular flexibility index (Phi) is 8.21. The van der Waals surface area contributed by atoms with E-state index >= 15 is 0 Å². The Hall–Kier alpha value is -3.65. The number of allylic oxidation sites excluding steroid dienone is 4. The van der Waals surface area contributed by atoms with E-state index in [0.29, 0.717) is 30.1 Å². The number of methoxy groups -OCH3 is 2. The van der Waals surface area contributed by atoms with Gasteiger partial charge in [0.05, 0.1) is 30.7 Å². The second-order valence-corrected chi connectivity index (χ2v) is 7.50. The summed E-state index contributed by atoms with van der Waals surface area (Å²) in [6.07, 6.45) is 8.57. The van der Waals surface area contributed by atoms with Crippen molar-refractivity contribution in [2.24, 2.45) is 5.10 Å². The van der Waals surface area contributed by atoms with Crippen LogP contribution in [-0.4, -0.2) is 74.6 Å². The first-order chi connectivity index (χ1) is 16.0. The highest BCUT2D eigenvalue weighted by Crippen LogP contribution is 2.25. The summed E-state index contributed by atoms with van der Waals surface area (Å²) in [6, 6.07) is 8.00. The van der Waals surface area contributed by atoms with Gasteiger partial charge in [0.2, 0.25) is 0 Å². The number of hydrogen-bond donors (Lipinski definition) is 0. The summed E-state index contributed by atoms with van der Waals surface area (Å²) in [7, 11) is 2.98. The molecule has 0 saturated carbocycles. The molecule has 174 valence electrons. The highest BCUT2D eigenvalue weighted by Gasteiger charge is 2.31. The van der Waals surface area contributed by atoms with Crippen molar-refractivity contribution in [2.45, 2.75) is 6.92 Å². The summed E-state index contributed by atoms with van der Waals surface area (Å²) in [5.74, 6) is -0.202. The molecule has 0 N–H and O–H groups in total. The molecule has 2 heterocycles. The highest BCUT2D eigenvalue weighted by molar-refractivity contribution is 6.28. The van der Waals surface area contributed by atoms with Crippen molar-refractivity contribution in [1.82, 2.24) is 9.91 Å². The molecule has 8 heteroatoms. The van der Waals surface area contributed by atoms with Gasteiger partial charge in [-0.05, 0) is 36.8 Å². The Morgan fingerprint density at radius 1 is 1.15 bits per heavy atom. The fourth-order valence-corrected chi connectivity index (χ4v) is 3.70. The first kappa shape index (κ1) is 24.0. The van der Waals surface area contributed by atoms with E-state index in [1.54, 1.807) is 30.2 Å². The molecule has 33 heavy (non-hydrogen) atoms. The number of benzene rings is 1. The first-order valence-corrected chi connectivity index (χ1v) is 10.8. The molecule has 1 aromatic rings. The zero-order chi connectivity index (χ0) is 23.8. The molecule has 0 unspecified atom stereocenters. The van der Waals surface area contributed by atoms with Crippen LogP contribution in [0.1, 0.15) is 12.5 Å². The lowest BCUT2D eigenvalue weighted by atomic mass is 10.1. The number of nitrogens with zero attached hydrogens (tertiary/aromatic N) is 4. The van der Waals surface area contributed by atoms with Crippen LogP contribution in [0.3, 0.4) is 0 Å². The van der Waals surface area contributed by atoms with Gasteiger partial charge < -0.3 is 19.3 Å². The van der Waals surface area contributed by atoms with Gasteiger partial charge in [0.15, 0.2) is 0 Å². The average Bonchev–Trinajstić information content (AvgIpc) is 3.15. The van der Waals surface area contributed by atoms with Gasteiger partial charge in [-0.15, -0.1) is 0 Å². The van der Waals surface area contributed by atoms with Crippen LogP contribution in [0.15, 0.2) is 71.5 Å². The largest absolute Gasteiger partial charge is 0.453 e. The summed E-state index contributed by atoms with van der Waals surface area (Å²) >= 11 is 0. The molecule has 2 aliphatic rings. The SMILES string of the molecule is C=C/C=C\C(=C/C)N1N=C(COC)/C(=C/c2ccc(N3CCN(C(=O)OC)CC3)cc2)C1=O. The van der Waals surface area contributed by atoms with E-state index in [1.165, 1.54) is 12.1 Å². The van der Waals surface area contributed by atoms with Crippen LogP contribution in [0.5, 0.6) is 0 Å². The second-order valence-electron chi connectivity index (χ2n) is 7.50. The lowest BCUT2D eigenvalue weighted by Crippen LogP contribution is -2.48. The van der Waals surface area contributed by atoms with Gasteiger partial charge in [-0.1, -0.05) is 36.9 Å². The number of anilines is 1. The van der Waals surface area contributed by atoms with Crippen molar-refractivity contribution in [3.8, 4) is 0 Å². The van der Waals surface area contributed by atoms with Gasteiger partial charge in [0.1, 0.15) is 0 Å². The van der Waals surface area contributed by atoms with E-state index in [2.05, 4.69) is 16.6 Å². The van der Waals surface area contributed by atoms with Crippen LogP contribution in [0.25, 0.3) is 6.08 Å². The topological polar surface area (TPSA) is 74.7 Å². The summed E-state index contributed by atoms with van der Waals surface area (Å²) in [5.41, 5.74) is 3.71. The smallest absolute Gasteiger partial charge is 0.409 e. The molecule has 0 spiro atoms. The van der Waals surface area contributed by atoms with Gasteiger partial charge in [0.25, 0.3) is 5.91 Å². The Morgan fingerprint density at radius 2 is 1.85 bits per heavy atom. The molecule has 3 rings (SSSR count).